The highest BCUT2D eigenvalue weighted by molar-refractivity contribution is 5.97. The van der Waals surface area contributed by atoms with Crippen molar-refractivity contribution in [3.8, 4) is 0 Å². The lowest BCUT2D eigenvalue weighted by molar-refractivity contribution is 0.101. The van der Waals surface area contributed by atoms with E-state index in [2.05, 4.69) is 11.3 Å². The van der Waals surface area contributed by atoms with Crippen LogP contribution in [-0.4, -0.2) is 15.3 Å². The van der Waals surface area contributed by atoms with Crippen molar-refractivity contribution in [3.05, 3.63) is 30.1 Å². The van der Waals surface area contributed by atoms with Crippen LogP contribution in [0.5, 0.6) is 0 Å². The first-order valence-corrected chi connectivity index (χ1v) is 4.03. The summed E-state index contributed by atoms with van der Waals surface area (Å²) >= 11 is 0. The number of ketones is 1. The van der Waals surface area contributed by atoms with Crippen LogP contribution < -0.4 is 0 Å². The molecule has 1 heterocycles. The van der Waals surface area contributed by atoms with E-state index in [1.54, 1.807) is 17.6 Å². The molecule has 0 fully saturated rings. The number of carbonyl (C=O) groups excluding carboxylic acids is 1. The Balaban J connectivity index is 2.72. The van der Waals surface area contributed by atoms with Crippen LogP contribution in [-0.2, 0) is 7.05 Å². The molecule has 2 aromatic rings. The molecule has 0 unspecified atom stereocenters. The highest BCUT2D eigenvalue weighted by Gasteiger charge is 2.03. The van der Waals surface area contributed by atoms with Crippen molar-refractivity contribution in [1.29, 1.82) is 0 Å². The minimum Gasteiger partial charge on any atom is -0.324 e. The fraction of sp³-hybridized carbons (Fsp3) is 0.200. The van der Waals surface area contributed by atoms with Crippen LogP contribution in [0.3, 0.4) is 0 Å². The molecule has 65 valence electrons. The van der Waals surface area contributed by atoms with Crippen molar-refractivity contribution < 1.29 is 4.79 Å². The van der Waals surface area contributed by atoms with Gasteiger partial charge in [0, 0.05) is 12.6 Å². The molecule has 13 heavy (non-hydrogen) atoms. The van der Waals surface area contributed by atoms with Gasteiger partial charge in [-0.2, -0.15) is 0 Å². The summed E-state index contributed by atoms with van der Waals surface area (Å²) in [5, 5.41) is 0. The zero-order valence-corrected chi connectivity index (χ0v) is 7.53. The average Bonchev–Trinajstić information content (AvgIpc) is 2.47. The van der Waals surface area contributed by atoms with Crippen LogP contribution in [0.2, 0.25) is 0 Å². The zero-order valence-electron chi connectivity index (χ0n) is 7.53. The fourth-order valence-electron chi connectivity index (χ4n) is 1.29. The van der Waals surface area contributed by atoms with E-state index < -0.39 is 0 Å². The van der Waals surface area contributed by atoms with Crippen molar-refractivity contribution in [2.24, 2.45) is 7.05 Å². The molecule has 0 N–H and O–H groups in total. The van der Waals surface area contributed by atoms with Crippen molar-refractivity contribution in [3.63, 3.8) is 0 Å². The van der Waals surface area contributed by atoms with Gasteiger partial charge in [0.1, 0.15) is 0 Å². The molecule has 0 spiro atoms. The van der Waals surface area contributed by atoms with E-state index in [-0.39, 0.29) is 5.78 Å². The van der Waals surface area contributed by atoms with Crippen LogP contribution in [0.1, 0.15) is 17.3 Å². The highest BCUT2D eigenvalue weighted by Crippen LogP contribution is 2.13. The quantitative estimate of drug-likeness (QED) is 0.613. The van der Waals surface area contributed by atoms with E-state index in [9.17, 15) is 4.79 Å². The SMILES string of the molecule is CC(=O)c1ccc2n[c]n(C)c2c1. The van der Waals surface area contributed by atoms with Gasteiger partial charge in [0.25, 0.3) is 0 Å². The van der Waals surface area contributed by atoms with Gasteiger partial charge in [-0.05, 0) is 25.1 Å². The minimum absolute atomic E-state index is 0.0723. The Morgan fingerprint density at radius 2 is 2.31 bits per heavy atom. The van der Waals surface area contributed by atoms with Gasteiger partial charge in [-0.15, -0.1) is 0 Å². The summed E-state index contributed by atoms with van der Waals surface area (Å²) < 4.78 is 1.78. The highest BCUT2D eigenvalue weighted by atomic mass is 16.1. The van der Waals surface area contributed by atoms with Crippen molar-refractivity contribution in [2.45, 2.75) is 6.92 Å². The van der Waals surface area contributed by atoms with E-state index in [1.165, 1.54) is 0 Å². The van der Waals surface area contributed by atoms with Gasteiger partial charge in [-0.3, -0.25) is 4.79 Å². The van der Waals surface area contributed by atoms with E-state index in [1.807, 2.05) is 19.2 Å². The monoisotopic (exact) mass is 173 g/mol. The number of Topliss-reactive ketones (excluding diaryl/α,β-unsaturated/α-hetero) is 1. The third kappa shape index (κ3) is 1.22. The van der Waals surface area contributed by atoms with E-state index >= 15 is 0 Å². The normalized spacial score (nSPS) is 10.6. The molecule has 0 bridgehead atoms. The molecule has 1 aromatic carbocycles. The Bertz CT molecular complexity index is 471. The van der Waals surface area contributed by atoms with Gasteiger partial charge in [-0.25, -0.2) is 4.98 Å². The van der Waals surface area contributed by atoms with Crippen LogP contribution in [0.25, 0.3) is 11.0 Å². The Kier molecular flexibility index (Phi) is 1.65. The molecule has 0 atom stereocenters. The predicted molar refractivity (Wildman–Crippen MR) is 49.6 cm³/mol. The number of aryl methyl sites for hydroxylation is 1. The number of hydrogen-bond acceptors (Lipinski definition) is 2. The number of benzene rings is 1. The van der Waals surface area contributed by atoms with Crippen LogP contribution in [0.4, 0.5) is 0 Å². The number of nitrogens with zero attached hydrogens (tertiary/aromatic N) is 2. The van der Waals surface area contributed by atoms with Gasteiger partial charge < -0.3 is 4.57 Å². The van der Waals surface area contributed by atoms with E-state index in [0.717, 1.165) is 11.0 Å². The summed E-state index contributed by atoms with van der Waals surface area (Å²) in [5.74, 6) is 0.0723. The molecule has 3 heteroatoms. The second-order valence-electron chi connectivity index (χ2n) is 3.03. The lowest BCUT2D eigenvalue weighted by Gasteiger charge is -1.96. The van der Waals surface area contributed by atoms with Gasteiger partial charge in [-0.1, -0.05) is 0 Å². The molecule has 1 radical (unpaired) electrons. The third-order valence-corrected chi connectivity index (χ3v) is 2.06. The Morgan fingerprint density at radius 3 is 3.00 bits per heavy atom. The lowest BCUT2D eigenvalue weighted by Crippen LogP contribution is -1.92. The summed E-state index contributed by atoms with van der Waals surface area (Å²) in [6.07, 6.45) is 2.80. The van der Waals surface area contributed by atoms with Gasteiger partial charge in [0.15, 0.2) is 12.1 Å². The predicted octanol–water partition coefficient (Wildman–Crippen LogP) is 1.58. The first-order chi connectivity index (χ1) is 6.18. The smallest absolute Gasteiger partial charge is 0.177 e. The van der Waals surface area contributed by atoms with Gasteiger partial charge in [0.05, 0.1) is 11.0 Å². The average molecular weight is 173 g/mol. The van der Waals surface area contributed by atoms with E-state index in [4.69, 9.17) is 0 Å². The number of hydrogen-bond donors (Lipinski definition) is 0. The largest absolute Gasteiger partial charge is 0.324 e. The molecular weight excluding hydrogens is 164 g/mol. The second-order valence-corrected chi connectivity index (χ2v) is 3.03. The molecular formula is C10H9N2O. The van der Waals surface area contributed by atoms with Crippen molar-refractivity contribution in [2.75, 3.05) is 0 Å². The summed E-state index contributed by atoms with van der Waals surface area (Å²) in [5.41, 5.74) is 2.52. The summed E-state index contributed by atoms with van der Waals surface area (Å²) in [7, 11) is 1.86. The van der Waals surface area contributed by atoms with Crippen molar-refractivity contribution in [1.82, 2.24) is 9.55 Å². The van der Waals surface area contributed by atoms with E-state index in [0.29, 0.717) is 5.56 Å². The minimum atomic E-state index is 0.0723. The Labute approximate surface area is 76.0 Å². The number of imidazole rings is 1. The summed E-state index contributed by atoms with van der Waals surface area (Å²) in [6.45, 7) is 1.56. The fourth-order valence-corrected chi connectivity index (χ4v) is 1.29. The maximum atomic E-state index is 11.1. The molecule has 2 rings (SSSR count). The van der Waals surface area contributed by atoms with Gasteiger partial charge in [0.2, 0.25) is 0 Å². The molecule has 0 saturated heterocycles. The lowest BCUT2D eigenvalue weighted by atomic mass is 10.1. The first-order valence-electron chi connectivity index (χ1n) is 4.03. The van der Waals surface area contributed by atoms with Crippen LogP contribution in [0, 0.1) is 6.33 Å². The Hall–Kier alpha value is -1.64. The molecule has 0 aliphatic carbocycles. The third-order valence-electron chi connectivity index (χ3n) is 2.06. The summed E-state index contributed by atoms with van der Waals surface area (Å²) in [6, 6.07) is 5.45. The van der Waals surface area contributed by atoms with Crippen molar-refractivity contribution >= 4 is 16.8 Å². The number of carbonyl (C=O) groups is 1. The Morgan fingerprint density at radius 1 is 1.54 bits per heavy atom. The second kappa shape index (κ2) is 2.69. The molecule has 1 aromatic heterocycles. The topological polar surface area (TPSA) is 34.9 Å². The molecule has 0 aliphatic heterocycles. The summed E-state index contributed by atoms with van der Waals surface area (Å²) in [4.78, 5) is 15.1. The number of fused-ring (bicyclic) bond motifs is 1. The molecule has 0 saturated carbocycles. The number of aromatic nitrogens is 2. The molecule has 3 nitrogen and oxygen atoms in total. The maximum absolute atomic E-state index is 11.1. The molecule has 0 aliphatic rings. The van der Waals surface area contributed by atoms with Crippen LogP contribution >= 0.6 is 0 Å². The number of rotatable bonds is 1. The molecule has 0 amide bonds. The first kappa shape index (κ1) is 7.98. The maximum Gasteiger partial charge on any atom is 0.177 e. The standard InChI is InChI=1S/C10H9N2O/c1-7(13)8-3-4-9-10(5-8)12(2)6-11-9/h3-5H,1-2H3. The zero-order chi connectivity index (χ0) is 9.42. The van der Waals surface area contributed by atoms with Crippen LogP contribution in [0.15, 0.2) is 18.2 Å². The van der Waals surface area contributed by atoms with Gasteiger partial charge >= 0.3 is 0 Å².